The number of aromatic amines is 1. The van der Waals surface area contributed by atoms with Gasteiger partial charge in [-0.1, -0.05) is 6.07 Å². The van der Waals surface area contributed by atoms with Gasteiger partial charge in [0.1, 0.15) is 0 Å². The zero-order valence-electron chi connectivity index (χ0n) is 9.73. The molecule has 0 bridgehead atoms. The summed E-state index contributed by atoms with van der Waals surface area (Å²) in [6.07, 6.45) is 2.75. The number of nitrogens with one attached hydrogen (secondary N) is 1. The van der Waals surface area contributed by atoms with Crippen molar-refractivity contribution in [2.75, 3.05) is 27.4 Å². The number of fused-ring (bicyclic) bond motifs is 1. The molecule has 0 aliphatic carbocycles. The van der Waals surface area contributed by atoms with Crippen LogP contribution in [0.15, 0.2) is 24.5 Å². The Bertz CT molecular complexity index is 452. The maximum Gasteiger partial charge on any atom is 0.0984 e. The number of ether oxygens (including phenoxy) is 1. The summed E-state index contributed by atoms with van der Waals surface area (Å²) in [4.78, 5) is 9.47. The Labute approximate surface area is 95.2 Å². The van der Waals surface area contributed by atoms with E-state index in [0.29, 0.717) is 6.73 Å². The zero-order valence-corrected chi connectivity index (χ0v) is 9.73. The number of hydrogen-bond acceptors (Lipinski definition) is 3. The van der Waals surface area contributed by atoms with Crippen molar-refractivity contribution >= 4 is 11.0 Å². The number of nitrogens with zero attached hydrogens (tertiary/aromatic N) is 2. The van der Waals surface area contributed by atoms with Gasteiger partial charge in [-0.3, -0.25) is 4.90 Å². The average Bonchev–Trinajstić information content (AvgIpc) is 2.74. The molecule has 0 spiro atoms. The van der Waals surface area contributed by atoms with E-state index in [9.17, 15) is 0 Å². The predicted octanol–water partition coefficient (Wildman–Crippen LogP) is 1.64. The number of aromatic nitrogens is 2. The van der Waals surface area contributed by atoms with E-state index < -0.39 is 0 Å². The molecule has 0 aliphatic heterocycles. The molecule has 16 heavy (non-hydrogen) atoms. The topological polar surface area (TPSA) is 41.1 Å². The van der Waals surface area contributed by atoms with Crippen molar-refractivity contribution in [1.29, 1.82) is 0 Å². The molecule has 4 nitrogen and oxygen atoms in total. The number of rotatable bonds is 5. The highest BCUT2D eigenvalue weighted by Crippen LogP contribution is 2.12. The summed E-state index contributed by atoms with van der Waals surface area (Å²) in [6.45, 7) is 1.67. The lowest BCUT2D eigenvalue weighted by atomic mass is 10.1. The van der Waals surface area contributed by atoms with E-state index in [-0.39, 0.29) is 0 Å². The second kappa shape index (κ2) is 5.09. The van der Waals surface area contributed by atoms with Crippen LogP contribution in [-0.2, 0) is 11.2 Å². The van der Waals surface area contributed by atoms with Crippen molar-refractivity contribution in [3.63, 3.8) is 0 Å². The van der Waals surface area contributed by atoms with Gasteiger partial charge in [-0.05, 0) is 31.2 Å². The molecule has 0 atom stereocenters. The quantitative estimate of drug-likeness (QED) is 0.777. The first kappa shape index (κ1) is 11.1. The SMILES string of the molecule is COCN(C)CCc1ccc2nc[nH]c2c1. The average molecular weight is 219 g/mol. The molecule has 86 valence electrons. The fourth-order valence-corrected chi connectivity index (χ4v) is 1.74. The highest BCUT2D eigenvalue weighted by molar-refractivity contribution is 5.74. The minimum Gasteiger partial charge on any atom is -0.369 e. The molecular weight excluding hydrogens is 202 g/mol. The van der Waals surface area contributed by atoms with E-state index in [4.69, 9.17) is 4.74 Å². The molecule has 0 unspecified atom stereocenters. The number of imidazole rings is 1. The Hall–Kier alpha value is -1.39. The first-order valence-electron chi connectivity index (χ1n) is 5.39. The van der Waals surface area contributed by atoms with E-state index in [1.165, 1.54) is 5.56 Å². The summed E-state index contributed by atoms with van der Waals surface area (Å²) in [5, 5.41) is 0. The highest BCUT2D eigenvalue weighted by atomic mass is 16.5. The monoisotopic (exact) mass is 219 g/mol. The minimum atomic E-state index is 0.673. The van der Waals surface area contributed by atoms with Crippen molar-refractivity contribution in [2.24, 2.45) is 0 Å². The Balaban J connectivity index is 1.98. The fraction of sp³-hybridized carbons (Fsp3) is 0.417. The molecule has 0 fully saturated rings. The van der Waals surface area contributed by atoms with Gasteiger partial charge >= 0.3 is 0 Å². The zero-order chi connectivity index (χ0) is 11.4. The van der Waals surface area contributed by atoms with Crippen LogP contribution < -0.4 is 0 Å². The highest BCUT2D eigenvalue weighted by Gasteiger charge is 2.01. The van der Waals surface area contributed by atoms with Gasteiger partial charge in [0.2, 0.25) is 0 Å². The number of benzene rings is 1. The van der Waals surface area contributed by atoms with Gasteiger partial charge in [0.15, 0.2) is 0 Å². The van der Waals surface area contributed by atoms with Crippen LogP contribution in [0.2, 0.25) is 0 Å². The van der Waals surface area contributed by atoms with Crippen LogP contribution in [0.3, 0.4) is 0 Å². The molecule has 1 N–H and O–H groups in total. The van der Waals surface area contributed by atoms with Crippen molar-refractivity contribution in [3.05, 3.63) is 30.1 Å². The lowest BCUT2D eigenvalue weighted by molar-refractivity contribution is 0.0827. The van der Waals surface area contributed by atoms with Gasteiger partial charge in [-0.15, -0.1) is 0 Å². The first-order chi connectivity index (χ1) is 7.79. The van der Waals surface area contributed by atoms with Crippen molar-refractivity contribution in [3.8, 4) is 0 Å². The molecular formula is C12H17N3O. The van der Waals surface area contributed by atoms with E-state index >= 15 is 0 Å². The number of hydrogen-bond donors (Lipinski definition) is 1. The number of H-pyrrole nitrogens is 1. The third-order valence-electron chi connectivity index (χ3n) is 2.62. The second-order valence-corrected chi connectivity index (χ2v) is 4.00. The minimum absolute atomic E-state index is 0.673. The second-order valence-electron chi connectivity index (χ2n) is 4.00. The summed E-state index contributed by atoms with van der Waals surface area (Å²) in [5.41, 5.74) is 3.44. The van der Waals surface area contributed by atoms with Crippen LogP contribution in [-0.4, -0.2) is 42.3 Å². The van der Waals surface area contributed by atoms with Crippen LogP contribution in [0.25, 0.3) is 11.0 Å². The van der Waals surface area contributed by atoms with Gasteiger partial charge in [-0.25, -0.2) is 4.98 Å². The lowest BCUT2D eigenvalue weighted by Crippen LogP contribution is -2.23. The van der Waals surface area contributed by atoms with Crippen LogP contribution >= 0.6 is 0 Å². The van der Waals surface area contributed by atoms with Crippen LogP contribution in [0, 0.1) is 0 Å². The number of methoxy groups -OCH3 is 1. The van der Waals surface area contributed by atoms with E-state index in [2.05, 4.69) is 40.1 Å². The largest absolute Gasteiger partial charge is 0.369 e. The predicted molar refractivity (Wildman–Crippen MR) is 64.3 cm³/mol. The molecule has 2 rings (SSSR count). The molecule has 4 heteroatoms. The fourth-order valence-electron chi connectivity index (χ4n) is 1.74. The summed E-state index contributed by atoms with van der Waals surface area (Å²) in [7, 11) is 3.77. The van der Waals surface area contributed by atoms with Gasteiger partial charge in [0.25, 0.3) is 0 Å². The Kier molecular flexibility index (Phi) is 3.54. The molecule has 0 amide bonds. The Morgan fingerprint density at radius 1 is 1.44 bits per heavy atom. The lowest BCUT2D eigenvalue weighted by Gasteiger charge is -2.14. The van der Waals surface area contributed by atoms with Gasteiger partial charge in [-0.2, -0.15) is 0 Å². The Morgan fingerprint density at radius 3 is 3.12 bits per heavy atom. The molecule has 1 aromatic heterocycles. The molecule has 1 aromatic carbocycles. The van der Waals surface area contributed by atoms with Crippen molar-refractivity contribution in [2.45, 2.75) is 6.42 Å². The molecule has 1 heterocycles. The van der Waals surface area contributed by atoms with Crippen LogP contribution in [0.4, 0.5) is 0 Å². The standard InChI is InChI=1S/C12H17N3O/c1-15(9-16-2)6-5-10-3-4-11-12(7-10)14-8-13-11/h3-4,7-8H,5-6,9H2,1-2H3,(H,13,14). The van der Waals surface area contributed by atoms with Gasteiger partial charge < -0.3 is 9.72 Å². The molecule has 0 aliphatic rings. The van der Waals surface area contributed by atoms with Crippen LogP contribution in [0.1, 0.15) is 5.56 Å². The van der Waals surface area contributed by atoms with E-state index in [1.807, 2.05) is 0 Å². The molecule has 0 saturated heterocycles. The summed E-state index contributed by atoms with van der Waals surface area (Å²) in [5.74, 6) is 0. The molecule has 0 radical (unpaired) electrons. The van der Waals surface area contributed by atoms with Gasteiger partial charge in [0.05, 0.1) is 24.1 Å². The molecule has 0 saturated carbocycles. The Morgan fingerprint density at radius 2 is 2.31 bits per heavy atom. The maximum absolute atomic E-state index is 5.06. The number of likely N-dealkylation sites (N-methyl/N-ethyl adjacent to an activating group) is 1. The van der Waals surface area contributed by atoms with Gasteiger partial charge in [0, 0.05) is 13.7 Å². The summed E-state index contributed by atoms with van der Waals surface area (Å²) >= 11 is 0. The van der Waals surface area contributed by atoms with Crippen LogP contribution in [0.5, 0.6) is 0 Å². The first-order valence-corrected chi connectivity index (χ1v) is 5.39. The normalized spacial score (nSPS) is 11.4. The van der Waals surface area contributed by atoms with Crippen molar-refractivity contribution < 1.29 is 4.74 Å². The van der Waals surface area contributed by atoms with Crippen molar-refractivity contribution in [1.82, 2.24) is 14.9 Å². The third-order valence-corrected chi connectivity index (χ3v) is 2.62. The van der Waals surface area contributed by atoms with E-state index in [0.717, 1.165) is 24.0 Å². The maximum atomic E-state index is 5.06. The summed E-state index contributed by atoms with van der Waals surface area (Å²) < 4.78 is 5.06. The van der Waals surface area contributed by atoms with E-state index in [1.54, 1.807) is 13.4 Å². The molecule has 2 aromatic rings. The third kappa shape index (κ3) is 2.59. The summed E-state index contributed by atoms with van der Waals surface area (Å²) in [6, 6.07) is 6.34. The smallest absolute Gasteiger partial charge is 0.0984 e.